The summed E-state index contributed by atoms with van der Waals surface area (Å²) in [7, 11) is -1.00. The first-order chi connectivity index (χ1) is 33.6. The second-order valence-corrected chi connectivity index (χ2v) is 34.8. The highest BCUT2D eigenvalue weighted by Crippen LogP contribution is 2.45. The maximum Gasteiger partial charge on any atom is 0.200 e. The largest absolute Gasteiger partial charge is 0.497 e. The van der Waals surface area contributed by atoms with Gasteiger partial charge in [0.1, 0.15) is 17.3 Å². The number of Topliss-reactive ketones (excluding diaryl/α,β-unsaturated/α-hetero) is 1. The Hall–Kier alpha value is -1.93. The molecule has 410 valence electrons. The number of carbonyl (C=O) groups excluding carboxylic acids is 1. The number of aliphatic hydroxyl groups is 1. The molecule has 2 aromatic rings. The van der Waals surface area contributed by atoms with Crippen molar-refractivity contribution >= 4 is 45.0 Å². The summed E-state index contributed by atoms with van der Waals surface area (Å²) in [6.07, 6.45) is 6.38. The minimum Gasteiger partial charge on any atom is -0.497 e. The molecule has 0 radical (unpaired) electrons. The molecular weight excluding hydrogens is 1050 g/mol. The standard InChI is InChI=1S/C59H99IO10Si2/c1-40(2)57(70-71(18,19)58(11,12)13)45(10)20-25-52-35-55(68-59(14,15)67-52)36-53(65-38-46-21-26-50(63-16)27-22-46)33-48(61)32-49(62)34-54(66-39-47-23-28-51(64-17)29-24-47)37-56(44(9)30-31-60)69-72(41(3)4,42(5)6)43(7)8/h20-31,40-45,48,52-57,61H,32-39H2,1-19H3/b25-20+,31-30+/t44-,45-,48-,52-,53-,54+,55-,56+,57-/m0/s1. The highest BCUT2D eigenvalue weighted by Gasteiger charge is 2.48. The molecule has 1 heterocycles. The fraction of sp³-hybridized carbons (Fsp3) is 0.712. The number of carbonyl (C=O) groups is 1. The summed E-state index contributed by atoms with van der Waals surface area (Å²) in [6, 6.07) is 15.6. The third-order valence-electron chi connectivity index (χ3n) is 15.2. The molecule has 0 unspecified atom stereocenters. The van der Waals surface area contributed by atoms with Crippen LogP contribution < -0.4 is 9.47 Å². The van der Waals surface area contributed by atoms with E-state index in [2.05, 4.69) is 148 Å². The van der Waals surface area contributed by atoms with Crippen molar-refractivity contribution in [2.45, 2.75) is 239 Å². The van der Waals surface area contributed by atoms with Crippen molar-refractivity contribution in [3.05, 3.63) is 82.0 Å². The molecule has 3 rings (SSSR count). The third-order valence-corrected chi connectivity index (χ3v) is 26.2. The molecule has 0 aromatic heterocycles. The SMILES string of the molecule is COc1ccc(CO[C@H](CC(=O)C[C@H](O)C[C@@H](C[C@@H]2C[C@H](/C=C/[C@H](C)[C@@H](O[Si](C)(C)C(C)(C)C)C(C)C)OC(C)(C)O2)OCc2ccc(OC)cc2)C[C@@H](O[Si](C(C)C)(C(C)C)C(C)C)[C@@H](C)/C=C/I)cc1. The number of hydrogen-bond donors (Lipinski definition) is 1. The summed E-state index contributed by atoms with van der Waals surface area (Å²) in [5.41, 5.74) is 3.15. The van der Waals surface area contributed by atoms with E-state index in [9.17, 15) is 9.90 Å². The lowest BCUT2D eigenvalue weighted by Crippen LogP contribution is -2.51. The van der Waals surface area contributed by atoms with Crippen molar-refractivity contribution in [2.75, 3.05) is 14.2 Å². The zero-order valence-corrected chi connectivity index (χ0v) is 52.2. The van der Waals surface area contributed by atoms with E-state index in [1.807, 2.05) is 62.4 Å². The molecule has 0 amide bonds. The second kappa shape index (κ2) is 29.6. The molecule has 0 saturated carbocycles. The smallest absolute Gasteiger partial charge is 0.200 e. The number of aliphatic hydroxyl groups excluding tert-OH is 1. The molecule has 1 aliphatic heterocycles. The van der Waals surface area contributed by atoms with Crippen molar-refractivity contribution < 1.29 is 47.2 Å². The molecule has 72 heavy (non-hydrogen) atoms. The van der Waals surface area contributed by atoms with Gasteiger partial charge in [0, 0.05) is 32.1 Å². The van der Waals surface area contributed by atoms with Crippen molar-refractivity contribution in [3.8, 4) is 11.5 Å². The van der Waals surface area contributed by atoms with Gasteiger partial charge in [0.25, 0.3) is 0 Å². The third kappa shape index (κ3) is 20.2. The van der Waals surface area contributed by atoms with Gasteiger partial charge in [-0.2, -0.15) is 0 Å². The van der Waals surface area contributed by atoms with E-state index in [-0.39, 0.29) is 66.3 Å². The van der Waals surface area contributed by atoms with Crippen LogP contribution in [0.25, 0.3) is 0 Å². The van der Waals surface area contributed by atoms with Gasteiger partial charge in [0.2, 0.25) is 8.32 Å². The van der Waals surface area contributed by atoms with Gasteiger partial charge in [0.05, 0.1) is 70.2 Å². The minimum absolute atomic E-state index is 0.0282. The first kappa shape index (κ1) is 64.4. The summed E-state index contributed by atoms with van der Waals surface area (Å²) >= 11 is 2.28. The molecular formula is C59H99IO10Si2. The molecule has 1 N–H and O–H groups in total. The van der Waals surface area contributed by atoms with Crippen LogP contribution in [0.2, 0.25) is 34.8 Å². The van der Waals surface area contributed by atoms with Gasteiger partial charge in [0.15, 0.2) is 14.1 Å². The van der Waals surface area contributed by atoms with Crippen LogP contribution in [0.4, 0.5) is 0 Å². The first-order valence-electron chi connectivity index (χ1n) is 26.9. The normalized spacial score (nSPS) is 20.1. The van der Waals surface area contributed by atoms with Crippen molar-refractivity contribution in [3.63, 3.8) is 0 Å². The molecule has 1 fully saturated rings. The molecule has 9 atom stereocenters. The van der Waals surface area contributed by atoms with Crippen molar-refractivity contribution in [2.24, 2.45) is 17.8 Å². The predicted molar refractivity (Wildman–Crippen MR) is 309 cm³/mol. The summed E-state index contributed by atoms with van der Waals surface area (Å²) in [5.74, 6) is 1.25. The highest BCUT2D eigenvalue weighted by molar-refractivity contribution is 14.1. The average molecular weight is 1150 g/mol. The fourth-order valence-corrected chi connectivity index (χ4v) is 18.1. The zero-order chi connectivity index (χ0) is 54.2. The molecule has 0 bridgehead atoms. The summed E-state index contributed by atoms with van der Waals surface area (Å²) in [6.45, 7) is 38.8. The number of benzene rings is 2. The van der Waals surface area contributed by atoms with Gasteiger partial charge in [-0.15, -0.1) is 0 Å². The zero-order valence-electron chi connectivity index (χ0n) is 48.1. The number of halogens is 1. The molecule has 0 spiro atoms. The van der Waals surface area contributed by atoms with Gasteiger partial charge in [-0.3, -0.25) is 4.79 Å². The van der Waals surface area contributed by atoms with Gasteiger partial charge in [-0.1, -0.05) is 155 Å². The van der Waals surface area contributed by atoms with Crippen LogP contribution >= 0.6 is 22.6 Å². The quantitative estimate of drug-likeness (QED) is 0.0445. The molecule has 1 aliphatic rings. The van der Waals surface area contributed by atoms with E-state index in [1.165, 1.54) is 0 Å². The average Bonchev–Trinajstić information content (AvgIpc) is 3.28. The topological polar surface area (TPSA) is 111 Å². The number of ether oxygens (including phenoxy) is 6. The Morgan fingerprint density at radius 2 is 1.26 bits per heavy atom. The second-order valence-electron chi connectivity index (χ2n) is 23.9. The van der Waals surface area contributed by atoms with Crippen molar-refractivity contribution in [1.29, 1.82) is 0 Å². The first-order valence-corrected chi connectivity index (χ1v) is 33.2. The van der Waals surface area contributed by atoms with Crippen LogP contribution in [-0.4, -0.2) is 90.3 Å². The number of ketones is 1. The van der Waals surface area contributed by atoms with Crippen LogP contribution in [0.15, 0.2) is 70.8 Å². The van der Waals surface area contributed by atoms with Crippen LogP contribution in [0.1, 0.15) is 154 Å². The van der Waals surface area contributed by atoms with Crippen LogP contribution in [0, 0.1) is 17.8 Å². The van der Waals surface area contributed by atoms with E-state index in [0.29, 0.717) is 55.0 Å². The Balaban J connectivity index is 1.89. The number of rotatable bonds is 31. The monoisotopic (exact) mass is 1150 g/mol. The lowest BCUT2D eigenvalue weighted by molar-refractivity contribution is -0.294. The van der Waals surface area contributed by atoms with E-state index in [4.69, 9.17) is 37.3 Å². The Morgan fingerprint density at radius 3 is 1.72 bits per heavy atom. The van der Waals surface area contributed by atoms with E-state index >= 15 is 0 Å². The Labute approximate surface area is 453 Å². The lowest BCUT2D eigenvalue weighted by Gasteiger charge is -2.46. The summed E-state index contributed by atoms with van der Waals surface area (Å²) < 4.78 is 53.8. The van der Waals surface area contributed by atoms with Crippen LogP contribution in [0.5, 0.6) is 11.5 Å². The maximum atomic E-state index is 14.3. The van der Waals surface area contributed by atoms with E-state index < -0.39 is 40.7 Å². The van der Waals surface area contributed by atoms with E-state index in [0.717, 1.165) is 22.6 Å². The maximum absolute atomic E-state index is 14.3. The van der Waals surface area contributed by atoms with Crippen molar-refractivity contribution in [1.82, 2.24) is 0 Å². The molecule has 1 saturated heterocycles. The van der Waals surface area contributed by atoms with E-state index in [1.54, 1.807) is 14.2 Å². The van der Waals surface area contributed by atoms with Crippen LogP contribution in [0.3, 0.4) is 0 Å². The number of methoxy groups -OCH3 is 2. The minimum atomic E-state index is -2.31. The Kier molecular flexibility index (Phi) is 26.4. The molecule has 2 aromatic carbocycles. The molecule has 0 aliphatic carbocycles. The van der Waals surface area contributed by atoms with Gasteiger partial charge < -0.3 is 42.4 Å². The highest BCUT2D eigenvalue weighted by atomic mass is 127. The fourth-order valence-electron chi connectivity index (χ4n) is 10.3. The summed E-state index contributed by atoms with van der Waals surface area (Å²) in [5, 5.41) is 12.0. The van der Waals surface area contributed by atoms with Gasteiger partial charge >= 0.3 is 0 Å². The van der Waals surface area contributed by atoms with Gasteiger partial charge in [-0.05, 0) is 112 Å². The Morgan fingerprint density at radius 1 is 0.750 bits per heavy atom. The summed E-state index contributed by atoms with van der Waals surface area (Å²) in [4.78, 5) is 14.3. The molecule has 10 nitrogen and oxygen atoms in total. The number of hydrogen-bond acceptors (Lipinski definition) is 10. The van der Waals surface area contributed by atoms with Crippen LogP contribution in [-0.2, 0) is 45.8 Å². The predicted octanol–water partition coefficient (Wildman–Crippen LogP) is 15.3. The van der Waals surface area contributed by atoms with Gasteiger partial charge in [-0.25, -0.2) is 0 Å². The lowest BCUT2D eigenvalue weighted by atomic mass is 9.93. The Bertz CT molecular complexity index is 1900. The molecule has 13 heteroatoms.